The molecule has 1 heterocycles. The van der Waals surface area contributed by atoms with Crippen molar-refractivity contribution in [1.29, 1.82) is 0 Å². The summed E-state index contributed by atoms with van der Waals surface area (Å²) in [6.45, 7) is 6.47. The third-order valence-corrected chi connectivity index (χ3v) is 3.67. The van der Waals surface area contributed by atoms with Crippen molar-refractivity contribution in [1.82, 2.24) is 9.97 Å². The Hall–Kier alpha value is -1.42. The van der Waals surface area contributed by atoms with Crippen LogP contribution >= 0.6 is 15.9 Å². The largest absolute Gasteiger partial charge is 0.373 e. The summed E-state index contributed by atoms with van der Waals surface area (Å²) in [4.78, 5) is 9.27. The van der Waals surface area contributed by atoms with Crippen LogP contribution in [0.25, 0.3) is 11.4 Å². The molecule has 0 atom stereocenters. The van der Waals surface area contributed by atoms with Crippen LogP contribution in [0.5, 0.6) is 0 Å². The van der Waals surface area contributed by atoms with Crippen LogP contribution in [0.15, 0.2) is 28.7 Å². The highest BCUT2D eigenvalue weighted by Gasteiger charge is 2.10. The number of anilines is 1. The minimum Gasteiger partial charge on any atom is -0.373 e. The van der Waals surface area contributed by atoms with Crippen LogP contribution in [-0.4, -0.2) is 17.0 Å². The van der Waals surface area contributed by atoms with Gasteiger partial charge < -0.3 is 5.32 Å². The predicted octanol–water partition coefficient (Wildman–Crippen LogP) is 4.45. The average Bonchev–Trinajstić information content (AvgIpc) is 2.37. The first kappa shape index (κ1) is 15.0. The molecule has 2 rings (SSSR count). The van der Waals surface area contributed by atoms with E-state index in [2.05, 4.69) is 65.2 Å². The molecule has 0 aliphatic rings. The number of hydrogen-bond donors (Lipinski definition) is 1. The molecule has 3 nitrogen and oxygen atoms in total. The first-order valence-corrected chi connectivity index (χ1v) is 7.61. The van der Waals surface area contributed by atoms with E-state index < -0.39 is 0 Å². The molecule has 0 fully saturated rings. The Bertz CT molecular complexity index is 609. The molecule has 0 radical (unpaired) electrons. The maximum Gasteiger partial charge on any atom is 0.162 e. The van der Waals surface area contributed by atoms with Gasteiger partial charge >= 0.3 is 0 Å². The van der Waals surface area contributed by atoms with Gasteiger partial charge in [0, 0.05) is 28.8 Å². The van der Waals surface area contributed by atoms with E-state index >= 15 is 0 Å². The molecule has 0 unspecified atom stereocenters. The lowest BCUT2D eigenvalue weighted by Gasteiger charge is -2.11. The number of hydrogen-bond acceptors (Lipinski definition) is 3. The van der Waals surface area contributed by atoms with Crippen molar-refractivity contribution in [3.05, 3.63) is 40.0 Å². The van der Waals surface area contributed by atoms with Gasteiger partial charge in [0.2, 0.25) is 0 Å². The fourth-order valence-corrected chi connectivity index (χ4v) is 2.74. The summed E-state index contributed by atoms with van der Waals surface area (Å²) in [5.41, 5.74) is 3.31. The van der Waals surface area contributed by atoms with E-state index in [1.807, 2.05) is 13.1 Å². The molecule has 4 heteroatoms. The number of nitrogens with one attached hydrogen (secondary N) is 1. The van der Waals surface area contributed by atoms with Crippen molar-refractivity contribution in [3.63, 3.8) is 0 Å². The molecule has 20 heavy (non-hydrogen) atoms. The molecule has 0 amide bonds. The molecule has 1 aromatic heterocycles. The fraction of sp³-hybridized carbons (Fsp3) is 0.375. The van der Waals surface area contributed by atoms with Gasteiger partial charge in [0.15, 0.2) is 5.82 Å². The van der Waals surface area contributed by atoms with Crippen LogP contribution in [0.4, 0.5) is 5.82 Å². The Morgan fingerprint density at radius 3 is 2.55 bits per heavy atom. The third kappa shape index (κ3) is 3.57. The van der Waals surface area contributed by atoms with Crippen LogP contribution in [-0.2, 0) is 6.42 Å². The normalized spacial score (nSPS) is 10.9. The van der Waals surface area contributed by atoms with Crippen molar-refractivity contribution in [2.24, 2.45) is 5.92 Å². The summed E-state index contributed by atoms with van der Waals surface area (Å²) in [5.74, 6) is 2.20. The van der Waals surface area contributed by atoms with Crippen molar-refractivity contribution in [2.45, 2.75) is 27.2 Å². The second kappa shape index (κ2) is 6.35. The smallest absolute Gasteiger partial charge is 0.162 e. The molecule has 0 saturated heterocycles. The number of halogens is 1. The highest BCUT2D eigenvalue weighted by Crippen LogP contribution is 2.28. The van der Waals surface area contributed by atoms with E-state index in [9.17, 15) is 0 Å². The quantitative estimate of drug-likeness (QED) is 0.897. The molecule has 0 bridgehead atoms. The molecule has 0 aliphatic carbocycles. The summed E-state index contributed by atoms with van der Waals surface area (Å²) in [5, 5.41) is 3.12. The number of aromatic nitrogens is 2. The summed E-state index contributed by atoms with van der Waals surface area (Å²) in [7, 11) is 1.88. The highest BCUT2D eigenvalue weighted by atomic mass is 79.9. The molecular weight excluding hydrogens is 314 g/mol. The van der Waals surface area contributed by atoms with E-state index in [4.69, 9.17) is 4.98 Å². The molecule has 0 aliphatic heterocycles. The average molecular weight is 334 g/mol. The van der Waals surface area contributed by atoms with Crippen molar-refractivity contribution in [2.75, 3.05) is 12.4 Å². The van der Waals surface area contributed by atoms with Gasteiger partial charge in [-0.3, -0.25) is 0 Å². The van der Waals surface area contributed by atoms with Gasteiger partial charge in [0.1, 0.15) is 5.82 Å². The lowest BCUT2D eigenvalue weighted by atomic mass is 10.1. The summed E-state index contributed by atoms with van der Waals surface area (Å²) < 4.78 is 1.03. The van der Waals surface area contributed by atoms with E-state index in [0.717, 1.165) is 33.8 Å². The van der Waals surface area contributed by atoms with Gasteiger partial charge in [0.25, 0.3) is 0 Å². The van der Waals surface area contributed by atoms with Gasteiger partial charge in [-0.15, -0.1) is 0 Å². The predicted molar refractivity (Wildman–Crippen MR) is 88.0 cm³/mol. The zero-order valence-corrected chi connectivity index (χ0v) is 14.0. The van der Waals surface area contributed by atoms with E-state index in [1.165, 1.54) is 5.56 Å². The molecule has 0 spiro atoms. The zero-order valence-electron chi connectivity index (χ0n) is 12.4. The van der Waals surface area contributed by atoms with Crippen LogP contribution in [0.3, 0.4) is 0 Å². The molecule has 0 saturated carbocycles. The molecule has 106 valence electrons. The van der Waals surface area contributed by atoms with Crippen LogP contribution < -0.4 is 5.32 Å². The highest BCUT2D eigenvalue weighted by molar-refractivity contribution is 9.10. The lowest BCUT2D eigenvalue weighted by Crippen LogP contribution is -2.04. The zero-order chi connectivity index (χ0) is 14.7. The van der Waals surface area contributed by atoms with Crippen LogP contribution in [0.2, 0.25) is 0 Å². The summed E-state index contributed by atoms with van der Waals surface area (Å²) in [6, 6.07) is 8.25. The molecule has 1 N–H and O–H groups in total. The van der Waals surface area contributed by atoms with Gasteiger partial charge in [-0.05, 0) is 37.0 Å². The Morgan fingerprint density at radius 2 is 1.95 bits per heavy atom. The van der Waals surface area contributed by atoms with E-state index in [-0.39, 0.29) is 0 Å². The van der Waals surface area contributed by atoms with Crippen molar-refractivity contribution in [3.8, 4) is 11.4 Å². The van der Waals surface area contributed by atoms with Gasteiger partial charge in [0.05, 0.1) is 0 Å². The molecule has 2 aromatic rings. The Balaban J connectivity index is 2.49. The number of nitrogens with zero attached hydrogens (tertiary/aromatic N) is 2. The van der Waals surface area contributed by atoms with Crippen molar-refractivity contribution >= 4 is 21.7 Å². The monoisotopic (exact) mass is 333 g/mol. The minimum atomic E-state index is 0.573. The molecular formula is C16H20BrN3. The lowest BCUT2D eigenvalue weighted by molar-refractivity contribution is 0.635. The van der Waals surface area contributed by atoms with Gasteiger partial charge in [-0.2, -0.15) is 0 Å². The van der Waals surface area contributed by atoms with E-state index in [1.54, 1.807) is 0 Å². The van der Waals surface area contributed by atoms with Crippen LogP contribution in [0.1, 0.15) is 25.1 Å². The summed E-state index contributed by atoms with van der Waals surface area (Å²) >= 11 is 3.61. The number of aryl methyl sites for hydroxylation is 1. The second-order valence-corrected chi connectivity index (χ2v) is 6.25. The van der Waals surface area contributed by atoms with Crippen LogP contribution in [0, 0.1) is 12.8 Å². The van der Waals surface area contributed by atoms with E-state index in [0.29, 0.717) is 5.92 Å². The summed E-state index contributed by atoms with van der Waals surface area (Å²) in [6.07, 6.45) is 0.952. The maximum atomic E-state index is 4.70. The number of benzene rings is 1. The Labute approximate surface area is 129 Å². The first-order valence-electron chi connectivity index (χ1n) is 6.82. The molecule has 1 aromatic carbocycles. The van der Waals surface area contributed by atoms with Gasteiger partial charge in [-0.1, -0.05) is 35.8 Å². The first-order chi connectivity index (χ1) is 9.49. The third-order valence-electron chi connectivity index (χ3n) is 3.02. The Morgan fingerprint density at radius 1 is 1.20 bits per heavy atom. The fourth-order valence-electron chi connectivity index (χ4n) is 2.07. The standard InChI is InChI=1S/C16H20BrN3/c1-10(2)7-12-9-15(18-4)20-16(19-12)13-6-5-11(3)8-14(13)17/h5-6,8-10H,7H2,1-4H3,(H,18,19,20). The van der Waals surface area contributed by atoms with Crippen molar-refractivity contribution < 1.29 is 0 Å². The SMILES string of the molecule is CNc1cc(CC(C)C)nc(-c2ccc(C)cc2Br)n1. The van der Waals surface area contributed by atoms with Gasteiger partial charge in [-0.25, -0.2) is 9.97 Å². The minimum absolute atomic E-state index is 0.573. The maximum absolute atomic E-state index is 4.70. The number of rotatable bonds is 4. The Kier molecular flexibility index (Phi) is 4.76. The second-order valence-electron chi connectivity index (χ2n) is 5.40. The topological polar surface area (TPSA) is 37.8 Å².